The summed E-state index contributed by atoms with van der Waals surface area (Å²) in [5.74, 6) is 1.02. The number of carbonyl (C=O) groups is 1. The fraction of sp³-hybridized carbons (Fsp3) is 0.476. The number of esters is 1. The Morgan fingerprint density at radius 1 is 1.17 bits per heavy atom. The van der Waals surface area contributed by atoms with Gasteiger partial charge in [-0.25, -0.2) is 4.68 Å². The van der Waals surface area contributed by atoms with Crippen molar-refractivity contribution in [2.75, 3.05) is 13.2 Å². The standard InChI is InChI=1S/C21H26N4O5/c1-3-7-16-18(10-9-15-17(26)11-13-30-21(15)16)29-12-6-5-8-19-22-23-24-25(19)14-20(27)28-4-2/h9-11,13H,3-8,12,14H2,1-2H3. The molecule has 30 heavy (non-hydrogen) atoms. The molecule has 0 fully saturated rings. The maximum atomic E-state index is 12.0. The highest BCUT2D eigenvalue weighted by Crippen LogP contribution is 2.28. The molecule has 2 aromatic heterocycles. The van der Waals surface area contributed by atoms with E-state index in [9.17, 15) is 9.59 Å². The van der Waals surface area contributed by atoms with Gasteiger partial charge in [-0.15, -0.1) is 5.10 Å². The van der Waals surface area contributed by atoms with Crippen LogP contribution in [-0.4, -0.2) is 39.4 Å². The molecule has 9 nitrogen and oxygen atoms in total. The number of nitrogens with zero attached hydrogens (tertiary/aromatic N) is 4. The van der Waals surface area contributed by atoms with Gasteiger partial charge in [-0.3, -0.25) is 9.59 Å². The van der Waals surface area contributed by atoms with Gasteiger partial charge >= 0.3 is 5.97 Å². The van der Waals surface area contributed by atoms with Crippen LogP contribution in [0.15, 0.2) is 33.7 Å². The Balaban J connectivity index is 1.56. The molecule has 0 unspecified atom stereocenters. The first-order valence-corrected chi connectivity index (χ1v) is 10.2. The summed E-state index contributed by atoms with van der Waals surface area (Å²) in [7, 11) is 0. The number of rotatable bonds is 11. The van der Waals surface area contributed by atoms with Gasteiger partial charge in [-0.1, -0.05) is 13.3 Å². The zero-order chi connectivity index (χ0) is 21.3. The molecule has 0 spiro atoms. The summed E-state index contributed by atoms with van der Waals surface area (Å²) >= 11 is 0. The Bertz CT molecular complexity index is 1040. The molecule has 0 aliphatic rings. The number of fused-ring (bicyclic) bond motifs is 1. The number of carbonyl (C=O) groups excluding carboxylic acids is 1. The van der Waals surface area contributed by atoms with Crippen LogP contribution in [-0.2, 0) is 28.9 Å². The minimum Gasteiger partial charge on any atom is -0.493 e. The molecule has 0 saturated carbocycles. The van der Waals surface area contributed by atoms with Gasteiger partial charge in [-0.05, 0) is 48.7 Å². The first-order valence-electron chi connectivity index (χ1n) is 10.2. The van der Waals surface area contributed by atoms with Crippen LogP contribution >= 0.6 is 0 Å². The fourth-order valence-corrected chi connectivity index (χ4v) is 3.24. The predicted molar refractivity (Wildman–Crippen MR) is 109 cm³/mol. The second-order valence-corrected chi connectivity index (χ2v) is 6.82. The number of unbranched alkanes of at least 4 members (excludes halogenated alkanes) is 1. The summed E-state index contributed by atoms with van der Waals surface area (Å²) in [6.45, 7) is 4.68. The lowest BCUT2D eigenvalue weighted by atomic mass is 10.1. The Morgan fingerprint density at radius 2 is 2.03 bits per heavy atom. The number of ether oxygens (including phenoxy) is 2. The summed E-state index contributed by atoms with van der Waals surface area (Å²) < 4.78 is 18.0. The summed E-state index contributed by atoms with van der Waals surface area (Å²) in [4.78, 5) is 23.7. The summed E-state index contributed by atoms with van der Waals surface area (Å²) in [5, 5.41) is 12.0. The van der Waals surface area contributed by atoms with Crippen molar-refractivity contribution >= 4 is 16.9 Å². The van der Waals surface area contributed by atoms with Gasteiger partial charge in [0.1, 0.15) is 17.9 Å². The Kier molecular flexibility index (Phi) is 7.53. The second-order valence-electron chi connectivity index (χ2n) is 6.82. The van der Waals surface area contributed by atoms with Gasteiger partial charge in [0.05, 0.1) is 24.9 Å². The third kappa shape index (κ3) is 5.22. The van der Waals surface area contributed by atoms with Crippen molar-refractivity contribution in [3.05, 3.63) is 46.1 Å². The van der Waals surface area contributed by atoms with E-state index in [4.69, 9.17) is 13.9 Å². The predicted octanol–water partition coefficient (Wildman–Crippen LogP) is 2.70. The van der Waals surface area contributed by atoms with Crippen LogP contribution in [0, 0.1) is 0 Å². The molecule has 0 saturated heterocycles. The van der Waals surface area contributed by atoms with E-state index in [-0.39, 0.29) is 17.9 Å². The zero-order valence-corrected chi connectivity index (χ0v) is 17.3. The SMILES string of the molecule is CCCc1c(OCCCCc2nnnn2CC(=O)OCC)ccc2c(=O)ccoc12. The number of benzene rings is 1. The molecule has 0 N–H and O–H groups in total. The van der Waals surface area contributed by atoms with Gasteiger partial charge in [0.25, 0.3) is 0 Å². The molecule has 2 heterocycles. The molecule has 0 radical (unpaired) electrons. The largest absolute Gasteiger partial charge is 0.493 e. The first-order chi connectivity index (χ1) is 14.6. The molecule has 0 aliphatic heterocycles. The number of tetrazole rings is 1. The van der Waals surface area contributed by atoms with Crippen LogP contribution in [0.2, 0.25) is 0 Å². The molecule has 0 amide bonds. The number of aryl methyl sites for hydroxylation is 2. The molecule has 0 atom stereocenters. The molecule has 160 valence electrons. The highest BCUT2D eigenvalue weighted by molar-refractivity contribution is 5.82. The van der Waals surface area contributed by atoms with Crippen molar-refractivity contribution < 1.29 is 18.7 Å². The van der Waals surface area contributed by atoms with Crippen molar-refractivity contribution in [1.82, 2.24) is 20.2 Å². The number of hydrogen-bond acceptors (Lipinski definition) is 8. The number of hydrogen-bond donors (Lipinski definition) is 0. The topological polar surface area (TPSA) is 109 Å². The minimum absolute atomic E-state index is 0.00927. The lowest BCUT2D eigenvalue weighted by Gasteiger charge is -2.12. The third-order valence-electron chi connectivity index (χ3n) is 4.63. The van der Waals surface area contributed by atoms with Crippen LogP contribution in [0.25, 0.3) is 11.0 Å². The third-order valence-corrected chi connectivity index (χ3v) is 4.63. The van der Waals surface area contributed by atoms with E-state index in [0.717, 1.165) is 37.0 Å². The maximum absolute atomic E-state index is 12.0. The zero-order valence-electron chi connectivity index (χ0n) is 17.3. The Morgan fingerprint density at radius 3 is 2.83 bits per heavy atom. The van der Waals surface area contributed by atoms with Gasteiger partial charge in [-0.2, -0.15) is 0 Å². The van der Waals surface area contributed by atoms with Crippen molar-refractivity contribution in [3.8, 4) is 5.75 Å². The second kappa shape index (κ2) is 10.5. The summed E-state index contributed by atoms with van der Waals surface area (Å²) in [6, 6.07) is 5.01. The fourth-order valence-electron chi connectivity index (χ4n) is 3.24. The van der Waals surface area contributed by atoms with Crippen LogP contribution in [0.5, 0.6) is 5.75 Å². The van der Waals surface area contributed by atoms with Crippen molar-refractivity contribution in [2.24, 2.45) is 0 Å². The van der Waals surface area contributed by atoms with Gasteiger partial charge in [0.2, 0.25) is 0 Å². The van der Waals surface area contributed by atoms with Gasteiger partial charge in [0, 0.05) is 18.1 Å². The lowest BCUT2D eigenvalue weighted by Crippen LogP contribution is -2.17. The average molecular weight is 414 g/mol. The Hall–Kier alpha value is -3.23. The molecule has 0 aliphatic carbocycles. The van der Waals surface area contributed by atoms with Crippen molar-refractivity contribution in [1.29, 1.82) is 0 Å². The quantitative estimate of drug-likeness (QED) is 0.348. The molecule has 3 rings (SSSR count). The lowest BCUT2D eigenvalue weighted by molar-refractivity contribution is -0.144. The summed E-state index contributed by atoms with van der Waals surface area (Å²) in [6.07, 6.45) is 5.32. The molecular weight excluding hydrogens is 388 g/mol. The highest BCUT2D eigenvalue weighted by Gasteiger charge is 2.13. The Labute approximate surface area is 174 Å². The van der Waals surface area contributed by atoms with E-state index in [1.807, 2.05) is 6.07 Å². The van der Waals surface area contributed by atoms with E-state index in [0.29, 0.717) is 36.4 Å². The van der Waals surface area contributed by atoms with Crippen molar-refractivity contribution in [2.45, 2.75) is 52.5 Å². The van der Waals surface area contributed by atoms with E-state index < -0.39 is 0 Å². The van der Waals surface area contributed by atoms with E-state index in [1.165, 1.54) is 17.0 Å². The highest BCUT2D eigenvalue weighted by atomic mass is 16.5. The maximum Gasteiger partial charge on any atom is 0.327 e. The average Bonchev–Trinajstić information content (AvgIpc) is 3.16. The molecule has 0 bridgehead atoms. The van der Waals surface area contributed by atoms with Crippen LogP contribution < -0.4 is 10.2 Å². The molecule has 3 aromatic rings. The summed E-state index contributed by atoms with van der Waals surface area (Å²) in [5.41, 5.74) is 1.46. The first kappa shape index (κ1) is 21.5. The molecule has 1 aromatic carbocycles. The normalized spacial score (nSPS) is 11.0. The molecule has 9 heteroatoms. The van der Waals surface area contributed by atoms with Crippen LogP contribution in [0.4, 0.5) is 0 Å². The monoisotopic (exact) mass is 414 g/mol. The molecular formula is C21H26N4O5. The minimum atomic E-state index is -0.360. The van der Waals surface area contributed by atoms with Gasteiger partial charge in [0.15, 0.2) is 11.3 Å². The van der Waals surface area contributed by atoms with Gasteiger partial charge < -0.3 is 13.9 Å². The van der Waals surface area contributed by atoms with Crippen LogP contribution in [0.1, 0.15) is 44.5 Å². The van der Waals surface area contributed by atoms with E-state index in [2.05, 4.69) is 22.4 Å². The van der Waals surface area contributed by atoms with Crippen molar-refractivity contribution in [3.63, 3.8) is 0 Å². The van der Waals surface area contributed by atoms with E-state index in [1.54, 1.807) is 13.0 Å². The van der Waals surface area contributed by atoms with E-state index >= 15 is 0 Å². The number of aromatic nitrogens is 4. The smallest absolute Gasteiger partial charge is 0.327 e. The van der Waals surface area contributed by atoms with Crippen LogP contribution in [0.3, 0.4) is 0 Å².